The number of fused-ring (bicyclic) bond motifs is 1. The Morgan fingerprint density at radius 1 is 1.00 bits per heavy atom. The lowest BCUT2D eigenvalue weighted by molar-refractivity contribution is -0.130. The third kappa shape index (κ3) is 3.26. The second kappa shape index (κ2) is 7.20. The minimum atomic E-state index is 0.215. The average molecular weight is 370 g/mol. The Balaban J connectivity index is 1.38. The van der Waals surface area contributed by atoms with E-state index < -0.39 is 0 Å². The zero-order valence-corrected chi connectivity index (χ0v) is 15.8. The molecule has 2 aliphatic heterocycles. The molecule has 0 bridgehead atoms. The molecule has 0 unspecified atom stereocenters. The lowest BCUT2D eigenvalue weighted by atomic mass is 10.1. The number of amides is 1. The van der Waals surface area contributed by atoms with Gasteiger partial charge >= 0.3 is 0 Å². The van der Waals surface area contributed by atoms with Crippen LogP contribution in [0.4, 0.5) is 11.4 Å². The molecule has 1 fully saturated rings. The highest BCUT2D eigenvalue weighted by molar-refractivity contribution is 6.33. The summed E-state index contributed by atoms with van der Waals surface area (Å²) in [6.45, 7) is 5.79. The van der Waals surface area contributed by atoms with Crippen LogP contribution < -0.4 is 9.80 Å². The van der Waals surface area contributed by atoms with Crippen molar-refractivity contribution in [2.45, 2.75) is 19.4 Å². The zero-order valence-electron chi connectivity index (χ0n) is 15.1. The van der Waals surface area contributed by atoms with Gasteiger partial charge in [0.1, 0.15) is 0 Å². The van der Waals surface area contributed by atoms with E-state index in [0.717, 1.165) is 43.3 Å². The van der Waals surface area contributed by atoms with Gasteiger partial charge in [0, 0.05) is 37.9 Å². The van der Waals surface area contributed by atoms with Crippen molar-refractivity contribution in [2.24, 2.45) is 0 Å². The van der Waals surface area contributed by atoms with E-state index in [-0.39, 0.29) is 5.91 Å². The summed E-state index contributed by atoms with van der Waals surface area (Å²) in [5.74, 6) is 0.215. The van der Waals surface area contributed by atoms with Gasteiger partial charge in [0.15, 0.2) is 0 Å². The molecule has 26 heavy (non-hydrogen) atoms. The van der Waals surface area contributed by atoms with Gasteiger partial charge in [-0.25, -0.2) is 0 Å². The molecular weight excluding hydrogens is 346 g/mol. The molecule has 5 heteroatoms. The number of nitrogens with zero attached hydrogens (tertiary/aromatic N) is 3. The van der Waals surface area contributed by atoms with E-state index in [1.54, 1.807) is 0 Å². The maximum absolute atomic E-state index is 12.9. The zero-order chi connectivity index (χ0) is 18.1. The summed E-state index contributed by atoms with van der Waals surface area (Å²) >= 11 is 6.30. The quantitative estimate of drug-likeness (QED) is 0.829. The van der Waals surface area contributed by atoms with Crippen LogP contribution in [0.5, 0.6) is 0 Å². The standard InChI is InChI=1S/C21H24ClN3O/c1-16-14-17-6-2-4-8-19(17)25(16)15-21(26)24-12-10-23(11-13-24)20-9-5-3-7-18(20)22/h2-9,16H,10-15H2,1H3/t16-/m1/s1. The average Bonchev–Trinajstić information content (AvgIpc) is 2.98. The fourth-order valence-electron chi connectivity index (χ4n) is 4.02. The van der Waals surface area contributed by atoms with Crippen LogP contribution in [-0.4, -0.2) is 49.6 Å². The number of anilines is 2. The third-order valence-electron chi connectivity index (χ3n) is 5.48. The number of para-hydroxylation sites is 2. The largest absolute Gasteiger partial charge is 0.367 e. The highest BCUT2D eigenvalue weighted by Crippen LogP contribution is 2.31. The van der Waals surface area contributed by atoms with E-state index in [1.807, 2.05) is 29.2 Å². The van der Waals surface area contributed by atoms with Gasteiger partial charge < -0.3 is 14.7 Å². The number of carbonyl (C=O) groups excluding carboxylic acids is 1. The second-order valence-corrected chi connectivity index (χ2v) is 7.54. The predicted octanol–water partition coefficient (Wildman–Crippen LogP) is 3.44. The Labute approximate surface area is 160 Å². The van der Waals surface area contributed by atoms with E-state index in [4.69, 9.17) is 11.6 Å². The second-order valence-electron chi connectivity index (χ2n) is 7.13. The number of rotatable bonds is 3. The van der Waals surface area contributed by atoms with Crippen LogP contribution in [0, 0.1) is 0 Å². The normalized spacial score (nSPS) is 19.6. The van der Waals surface area contributed by atoms with Gasteiger partial charge in [-0.3, -0.25) is 4.79 Å². The highest BCUT2D eigenvalue weighted by Gasteiger charge is 2.30. The van der Waals surface area contributed by atoms with Crippen molar-refractivity contribution in [2.75, 3.05) is 42.5 Å². The molecule has 136 valence electrons. The molecule has 2 aromatic rings. The van der Waals surface area contributed by atoms with Gasteiger partial charge in [-0.1, -0.05) is 41.9 Å². The van der Waals surface area contributed by atoms with Crippen molar-refractivity contribution in [3.8, 4) is 0 Å². The van der Waals surface area contributed by atoms with E-state index in [9.17, 15) is 4.79 Å². The van der Waals surface area contributed by atoms with Crippen LogP contribution in [0.3, 0.4) is 0 Å². The highest BCUT2D eigenvalue weighted by atomic mass is 35.5. The molecule has 1 atom stereocenters. The molecule has 1 amide bonds. The monoisotopic (exact) mass is 369 g/mol. The summed E-state index contributed by atoms with van der Waals surface area (Å²) in [7, 11) is 0. The van der Waals surface area contributed by atoms with Gasteiger partial charge in [-0.05, 0) is 37.1 Å². The minimum absolute atomic E-state index is 0.215. The molecule has 0 N–H and O–H groups in total. The van der Waals surface area contributed by atoms with Gasteiger partial charge in [0.25, 0.3) is 0 Å². The maximum Gasteiger partial charge on any atom is 0.242 e. The topological polar surface area (TPSA) is 26.8 Å². The van der Waals surface area contributed by atoms with Crippen LogP contribution in [-0.2, 0) is 11.2 Å². The molecule has 0 spiro atoms. The first-order chi connectivity index (χ1) is 12.6. The first-order valence-corrected chi connectivity index (χ1v) is 9.63. The van der Waals surface area contributed by atoms with Gasteiger partial charge in [-0.15, -0.1) is 0 Å². The molecule has 1 saturated heterocycles. The SMILES string of the molecule is C[C@@H]1Cc2ccccc2N1CC(=O)N1CCN(c2ccccc2Cl)CC1. The Morgan fingerprint density at radius 2 is 1.65 bits per heavy atom. The molecule has 0 aromatic heterocycles. The Bertz CT molecular complexity index is 801. The summed E-state index contributed by atoms with van der Waals surface area (Å²) in [4.78, 5) is 19.4. The van der Waals surface area contributed by atoms with Crippen molar-refractivity contribution in [3.05, 3.63) is 59.1 Å². The van der Waals surface area contributed by atoms with Crippen molar-refractivity contribution in [3.63, 3.8) is 0 Å². The summed E-state index contributed by atoms with van der Waals surface area (Å²) < 4.78 is 0. The summed E-state index contributed by atoms with van der Waals surface area (Å²) in [6, 6.07) is 16.7. The molecule has 2 aromatic carbocycles. The van der Waals surface area contributed by atoms with E-state index in [0.29, 0.717) is 12.6 Å². The molecule has 2 heterocycles. The first-order valence-electron chi connectivity index (χ1n) is 9.25. The smallest absolute Gasteiger partial charge is 0.242 e. The maximum atomic E-state index is 12.9. The number of piperazine rings is 1. The third-order valence-corrected chi connectivity index (χ3v) is 5.80. The Hall–Kier alpha value is -2.20. The number of benzene rings is 2. The fourth-order valence-corrected chi connectivity index (χ4v) is 4.28. The lowest BCUT2D eigenvalue weighted by Gasteiger charge is -2.37. The lowest BCUT2D eigenvalue weighted by Crippen LogP contribution is -2.52. The summed E-state index contributed by atoms with van der Waals surface area (Å²) in [5.41, 5.74) is 3.61. The summed E-state index contributed by atoms with van der Waals surface area (Å²) in [5, 5.41) is 0.773. The molecule has 4 rings (SSSR count). The van der Waals surface area contributed by atoms with Crippen molar-refractivity contribution in [1.82, 2.24) is 4.90 Å². The Kier molecular flexibility index (Phi) is 4.77. The van der Waals surface area contributed by atoms with E-state index in [2.05, 4.69) is 41.0 Å². The van der Waals surface area contributed by atoms with Crippen LogP contribution in [0.2, 0.25) is 5.02 Å². The molecule has 4 nitrogen and oxygen atoms in total. The van der Waals surface area contributed by atoms with Crippen LogP contribution in [0.25, 0.3) is 0 Å². The van der Waals surface area contributed by atoms with Crippen molar-refractivity contribution < 1.29 is 4.79 Å². The Morgan fingerprint density at radius 3 is 2.38 bits per heavy atom. The molecular formula is C21H24ClN3O. The predicted molar refractivity (Wildman–Crippen MR) is 107 cm³/mol. The van der Waals surface area contributed by atoms with E-state index in [1.165, 1.54) is 11.3 Å². The molecule has 0 saturated carbocycles. The number of carbonyl (C=O) groups is 1. The van der Waals surface area contributed by atoms with Crippen molar-refractivity contribution >= 4 is 28.9 Å². The van der Waals surface area contributed by atoms with Gasteiger partial charge in [0.05, 0.1) is 17.3 Å². The number of hydrogen-bond donors (Lipinski definition) is 0. The molecule has 0 radical (unpaired) electrons. The van der Waals surface area contributed by atoms with Crippen LogP contribution in [0.15, 0.2) is 48.5 Å². The van der Waals surface area contributed by atoms with Crippen LogP contribution >= 0.6 is 11.6 Å². The number of halogens is 1. The first kappa shape index (κ1) is 17.2. The van der Waals surface area contributed by atoms with Crippen LogP contribution in [0.1, 0.15) is 12.5 Å². The summed E-state index contributed by atoms with van der Waals surface area (Å²) in [6.07, 6.45) is 1.02. The fraction of sp³-hybridized carbons (Fsp3) is 0.381. The van der Waals surface area contributed by atoms with Crippen molar-refractivity contribution in [1.29, 1.82) is 0 Å². The van der Waals surface area contributed by atoms with Gasteiger partial charge in [0.2, 0.25) is 5.91 Å². The van der Waals surface area contributed by atoms with E-state index >= 15 is 0 Å². The van der Waals surface area contributed by atoms with Gasteiger partial charge in [-0.2, -0.15) is 0 Å². The molecule has 2 aliphatic rings. The minimum Gasteiger partial charge on any atom is -0.367 e. The number of hydrogen-bond acceptors (Lipinski definition) is 3. The molecule has 0 aliphatic carbocycles.